The Kier molecular flexibility index (Phi) is 5.53. The van der Waals surface area contributed by atoms with Crippen LogP contribution in [0.1, 0.15) is 42.9 Å². The van der Waals surface area contributed by atoms with Crippen molar-refractivity contribution < 1.29 is 15.0 Å². The maximum absolute atomic E-state index is 12.5. The van der Waals surface area contributed by atoms with Crippen LogP contribution < -0.4 is 10.6 Å². The number of imidazole rings is 1. The molecule has 3 heterocycles. The summed E-state index contributed by atoms with van der Waals surface area (Å²) >= 11 is 7.37. The largest absolute Gasteiger partial charge is 0.389 e. The average molecular weight is 487 g/mol. The Hall–Kier alpha value is -2.71. The van der Waals surface area contributed by atoms with E-state index in [-0.39, 0.29) is 12.3 Å². The zero-order valence-corrected chi connectivity index (χ0v) is 19.6. The van der Waals surface area contributed by atoms with Gasteiger partial charge in [0.05, 0.1) is 33.1 Å². The van der Waals surface area contributed by atoms with Crippen LogP contribution in [-0.2, 0) is 4.79 Å². The molecule has 3 aromatic heterocycles. The first-order valence-electron chi connectivity index (χ1n) is 10.7. The van der Waals surface area contributed by atoms with Crippen molar-refractivity contribution in [2.75, 3.05) is 12.4 Å². The second kappa shape index (κ2) is 8.25. The minimum atomic E-state index is -1.23. The van der Waals surface area contributed by atoms with Gasteiger partial charge in [-0.25, -0.2) is 15.0 Å². The van der Waals surface area contributed by atoms with E-state index in [0.29, 0.717) is 33.2 Å². The van der Waals surface area contributed by atoms with Crippen molar-refractivity contribution in [3.63, 3.8) is 0 Å². The van der Waals surface area contributed by atoms with Crippen molar-refractivity contribution in [1.82, 2.24) is 24.8 Å². The SMILES string of the molecule is CNC(=O)[C@@]1(C)C[C@@H](n2cnc3c(NC4CC4)nc(C#Cc4ccc(Cl)s4)nc32)[C@H](O)[C@@H]1O. The van der Waals surface area contributed by atoms with E-state index >= 15 is 0 Å². The van der Waals surface area contributed by atoms with Crippen LogP contribution in [0, 0.1) is 17.3 Å². The zero-order chi connectivity index (χ0) is 23.3. The lowest BCUT2D eigenvalue weighted by atomic mass is 9.85. The zero-order valence-electron chi connectivity index (χ0n) is 18.0. The van der Waals surface area contributed by atoms with Crippen LogP contribution in [0.5, 0.6) is 0 Å². The number of nitrogens with one attached hydrogen (secondary N) is 2. The van der Waals surface area contributed by atoms with E-state index in [1.807, 2.05) is 6.07 Å². The molecule has 0 aromatic carbocycles. The molecule has 0 spiro atoms. The van der Waals surface area contributed by atoms with Gasteiger partial charge in [-0.05, 0) is 50.2 Å². The molecule has 2 aliphatic carbocycles. The second-order valence-corrected chi connectivity index (χ2v) is 10.4. The number of nitrogens with zero attached hydrogens (tertiary/aromatic N) is 4. The van der Waals surface area contributed by atoms with E-state index in [1.54, 1.807) is 23.9 Å². The van der Waals surface area contributed by atoms with E-state index in [2.05, 4.69) is 37.4 Å². The van der Waals surface area contributed by atoms with Crippen LogP contribution >= 0.6 is 22.9 Å². The van der Waals surface area contributed by atoms with Gasteiger partial charge in [0.25, 0.3) is 0 Å². The molecule has 2 aliphatic rings. The quantitative estimate of drug-likeness (QED) is 0.415. The molecular formula is C22H23ClN6O3S. The standard InChI is InChI=1S/C22H23ClN6O3S/c1-22(21(32)24-2)9-13(17(30)18(22)31)29-10-25-16-19(26-11-3-4-11)27-15(28-20(16)29)8-6-12-5-7-14(23)33-12/h5,7,10-11,13,17-18,30-31H,3-4,9H2,1-2H3,(H,24,32)(H,26,27,28)/t13-,17+,18+,22+/m1/s1. The van der Waals surface area contributed by atoms with Crippen LogP contribution in [-0.4, -0.2) is 60.9 Å². The van der Waals surface area contributed by atoms with Gasteiger partial charge < -0.3 is 25.4 Å². The predicted molar refractivity (Wildman–Crippen MR) is 125 cm³/mol. The number of fused-ring (bicyclic) bond motifs is 1. The summed E-state index contributed by atoms with van der Waals surface area (Å²) in [6.07, 6.45) is 1.52. The third-order valence-electron chi connectivity index (χ3n) is 6.32. The van der Waals surface area contributed by atoms with E-state index in [9.17, 15) is 15.0 Å². The summed E-state index contributed by atoms with van der Waals surface area (Å²) in [4.78, 5) is 26.9. The van der Waals surface area contributed by atoms with Gasteiger partial charge in [-0.1, -0.05) is 11.6 Å². The fourth-order valence-electron chi connectivity index (χ4n) is 4.27. The second-order valence-electron chi connectivity index (χ2n) is 8.70. The van der Waals surface area contributed by atoms with Gasteiger partial charge in [0.1, 0.15) is 6.10 Å². The number of aliphatic hydroxyl groups is 2. The summed E-state index contributed by atoms with van der Waals surface area (Å²) in [5, 5.41) is 27.5. The van der Waals surface area contributed by atoms with Crippen molar-refractivity contribution in [3.8, 4) is 11.8 Å². The molecular weight excluding hydrogens is 464 g/mol. The van der Waals surface area contributed by atoms with E-state index in [0.717, 1.165) is 17.7 Å². The number of hydrogen-bond donors (Lipinski definition) is 4. The van der Waals surface area contributed by atoms with Gasteiger partial charge in [-0.2, -0.15) is 0 Å². The number of carbonyl (C=O) groups is 1. The van der Waals surface area contributed by atoms with Gasteiger partial charge in [-0.3, -0.25) is 4.79 Å². The van der Waals surface area contributed by atoms with Gasteiger partial charge >= 0.3 is 0 Å². The molecule has 4 atom stereocenters. The van der Waals surface area contributed by atoms with Crippen molar-refractivity contribution in [2.45, 2.75) is 50.5 Å². The van der Waals surface area contributed by atoms with Crippen molar-refractivity contribution in [2.24, 2.45) is 5.41 Å². The monoisotopic (exact) mass is 486 g/mol. The maximum atomic E-state index is 12.5. The van der Waals surface area contributed by atoms with Crippen molar-refractivity contribution in [1.29, 1.82) is 0 Å². The Morgan fingerprint density at radius 1 is 1.30 bits per heavy atom. The molecule has 0 aliphatic heterocycles. The van der Waals surface area contributed by atoms with Crippen LogP contribution in [0.4, 0.5) is 5.82 Å². The Morgan fingerprint density at radius 3 is 2.76 bits per heavy atom. The van der Waals surface area contributed by atoms with Crippen LogP contribution in [0.25, 0.3) is 11.2 Å². The van der Waals surface area contributed by atoms with Crippen molar-refractivity contribution >= 4 is 45.8 Å². The van der Waals surface area contributed by atoms with Gasteiger partial charge in [0.15, 0.2) is 17.0 Å². The Bertz CT molecular complexity index is 1290. The van der Waals surface area contributed by atoms with Crippen LogP contribution in [0.3, 0.4) is 0 Å². The lowest BCUT2D eigenvalue weighted by Gasteiger charge is -2.26. The average Bonchev–Trinajstić information content (AvgIpc) is 3.27. The highest BCUT2D eigenvalue weighted by Gasteiger charge is 2.54. The summed E-state index contributed by atoms with van der Waals surface area (Å²) in [5.74, 6) is 6.59. The Labute approximate surface area is 199 Å². The first-order chi connectivity index (χ1) is 15.8. The summed E-state index contributed by atoms with van der Waals surface area (Å²) in [6.45, 7) is 1.65. The molecule has 0 unspecified atom stereocenters. The molecule has 2 fully saturated rings. The third-order valence-corrected chi connectivity index (χ3v) is 7.46. The summed E-state index contributed by atoms with van der Waals surface area (Å²) in [6, 6.07) is 3.36. The summed E-state index contributed by atoms with van der Waals surface area (Å²) in [7, 11) is 1.52. The normalized spacial score (nSPS) is 26.8. The molecule has 5 rings (SSSR count). The predicted octanol–water partition coefficient (Wildman–Crippen LogP) is 1.93. The molecule has 3 aromatic rings. The molecule has 1 amide bonds. The summed E-state index contributed by atoms with van der Waals surface area (Å²) < 4.78 is 2.36. The van der Waals surface area contributed by atoms with Gasteiger partial charge in [0, 0.05) is 13.1 Å². The number of amides is 1. The molecule has 4 N–H and O–H groups in total. The Balaban J connectivity index is 1.57. The fraction of sp³-hybridized carbons (Fsp3) is 0.455. The minimum Gasteiger partial charge on any atom is -0.389 e. The van der Waals surface area contributed by atoms with Crippen LogP contribution in [0.2, 0.25) is 4.34 Å². The lowest BCUT2D eigenvalue weighted by molar-refractivity contribution is -0.136. The molecule has 9 nitrogen and oxygen atoms in total. The molecule has 11 heteroatoms. The van der Waals surface area contributed by atoms with Crippen LogP contribution in [0.15, 0.2) is 18.5 Å². The van der Waals surface area contributed by atoms with E-state index in [1.165, 1.54) is 18.4 Å². The van der Waals surface area contributed by atoms with Crippen molar-refractivity contribution in [3.05, 3.63) is 33.5 Å². The Morgan fingerprint density at radius 2 is 2.09 bits per heavy atom. The number of hydrogen-bond acceptors (Lipinski definition) is 8. The smallest absolute Gasteiger partial charge is 0.228 e. The number of anilines is 1. The lowest BCUT2D eigenvalue weighted by Crippen LogP contribution is -2.45. The molecule has 0 radical (unpaired) electrons. The highest BCUT2D eigenvalue weighted by atomic mass is 35.5. The molecule has 0 saturated heterocycles. The maximum Gasteiger partial charge on any atom is 0.228 e. The van der Waals surface area contributed by atoms with E-state index in [4.69, 9.17) is 11.6 Å². The third kappa shape index (κ3) is 3.95. The first-order valence-corrected chi connectivity index (χ1v) is 11.9. The topological polar surface area (TPSA) is 125 Å². The number of aliphatic hydroxyl groups excluding tert-OH is 2. The van der Waals surface area contributed by atoms with Gasteiger partial charge in [-0.15, -0.1) is 11.3 Å². The highest BCUT2D eigenvalue weighted by Crippen LogP contribution is 2.45. The number of rotatable bonds is 4. The first kappa shape index (κ1) is 22.1. The van der Waals surface area contributed by atoms with E-state index < -0.39 is 23.7 Å². The highest BCUT2D eigenvalue weighted by molar-refractivity contribution is 7.16. The minimum absolute atomic E-state index is 0.227. The molecule has 172 valence electrons. The number of aromatic nitrogens is 4. The fourth-order valence-corrected chi connectivity index (χ4v) is 5.17. The molecule has 0 bridgehead atoms. The number of thiophene rings is 1. The summed E-state index contributed by atoms with van der Waals surface area (Å²) in [5.41, 5.74) is -0.0977. The number of halogens is 1. The molecule has 33 heavy (non-hydrogen) atoms. The molecule has 2 saturated carbocycles. The van der Waals surface area contributed by atoms with Gasteiger partial charge in [0.2, 0.25) is 11.7 Å². The number of carbonyl (C=O) groups excluding carboxylic acids is 1.